The van der Waals surface area contributed by atoms with Gasteiger partial charge in [0.1, 0.15) is 12.1 Å². The Hall–Kier alpha value is -2.85. The Kier molecular flexibility index (Phi) is 38.3. The molecule has 0 bridgehead atoms. The third-order valence-corrected chi connectivity index (χ3v) is 9.34. The lowest BCUT2D eigenvalue weighted by Crippen LogP contribution is -2.34. The summed E-state index contributed by atoms with van der Waals surface area (Å²) in [4.78, 5) is 33.4. The third kappa shape index (κ3) is 39.4. The van der Waals surface area contributed by atoms with E-state index in [4.69, 9.17) is 29.4 Å². The average molecular weight is 806 g/mol. The number of carbonyl (C=O) groups excluding carboxylic acids is 1. The van der Waals surface area contributed by atoms with Gasteiger partial charge in [0.25, 0.3) is 0 Å². The van der Waals surface area contributed by atoms with E-state index >= 15 is 0 Å². The Morgan fingerprint density at radius 3 is 1.57 bits per heavy atom. The SMILES string of the molecule is CC/C=C\C/C=C\C/C=C\C/C=C\C/C=C\C/C=C\CCCCCCCOCC(COP(=O)(O)OCC(N)C(=O)O)OC(=O)CCCCCCC/C=C\CCC. The van der Waals surface area contributed by atoms with E-state index in [0.717, 1.165) is 122 Å². The molecule has 0 aliphatic rings. The molecule has 0 saturated carbocycles. The predicted octanol–water partition coefficient (Wildman–Crippen LogP) is 11.6. The van der Waals surface area contributed by atoms with Crippen LogP contribution in [0.15, 0.2) is 85.1 Å². The van der Waals surface area contributed by atoms with Crippen molar-refractivity contribution in [1.29, 1.82) is 0 Å². The standard InChI is InChI=1S/C45H76NO9P/c1-3-5-7-9-11-13-15-16-17-18-19-20-21-22-23-24-25-26-27-28-30-32-34-36-38-52-39-42(40-53-56(50,51)54-41-43(46)45(48)49)55-44(47)37-35-33-31-29-14-12-10-8-6-4-2/h5,7-8,10-11,13,16-17,19-20,22-23,25-26,42-43H,3-4,6,9,12,14-15,18,21,24,27-41,46H2,1-2H3,(H,48,49)(H,50,51)/b7-5-,10-8-,13-11-,17-16-,20-19-,23-22-,26-25-. The van der Waals surface area contributed by atoms with Crippen LogP contribution in [0.1, 0.15) is 149 Å². The fraction of sp³-hybridized carbons (Fsp3) is 0.644. The summed E-state index contributed by atoms with van der Waals surface area (Å²) in [5, 5.41) is 8.88. The number of hydrogen-bond donors (Lipinski definition) is 3. The number of carbonyl (C=O) groups is 2. The number of carboxylic acid groups (broad SMARTS) is 1. The maximum atomic E-state index is 12.5. The monoisotopic (exact) mass is 806 g/mol. The van der Waals surface area contributed by atoms with Gasteiger partial charge in [-0.25, -0.2) is 4.57 Å². The molecule has 0 aliphatic heterocycles. The molecular formula is C45H76NO9P. The van der Waals surface area contributed by atoms with Gasteiger partial charge in [-0.05, 0) is 83.5 Å². The number of aliphatic carboxylic acids is 1. The van der Waals surface area contributed by atoms with Gasteiger partial charge in [-0.2, -0.15) is 0 Å². The van der Waals surface area contributed by atoms with Gasteiger partial charge in [-0.3, -0.25) is 18.6 Å². The van der Waals surface area contributed by atoms with Gasteiger partial charge in [0.05, 0.1) is 19.8 Å². The van der Waals surface area contributed by atoms with Crippen molar-refractivity contribution in [3.63, 3.8) is 0 Å². The molecule has 4 N–H and O–H groups in total. The molecule has 0 heterocycles. The quantitative estimate of drug-likeness (QED) is 0.0237. The van der Waals surface area contributed by atoms with Gasteiger partial charge in [-0.15, -0.1) is 0 Å². The zero-order valence-electron chi connectivity index (χ0n) is 34.7. The van der Waals surface area contributed by atoms with Crippen molar-refractivity contribution in [3.8, 4) is 0 Å². The maximum absolute atomic E-state index is 12.5. The van der Waals surface area contributed by atoms with Crippen LogP contribution >= 0.6 is 7.82 Å². The number of ether oxygens (including phenoxy) is 2. The number of hydrogen-bond acceptors (Lipinski definition) is 8. The van der Waals surface area contributed by atoms with Gasteiger partial charge in [0, 0.05) is 13.0 Å². The van der Waals surface area contributed by atoms with E-state index in [1.807, 2.05) is 0 Å². The van der Waals surface area contributed by atoms with Gasteiger partial charge in [0.2, 0.25) is 0 Å². The molecule has 11 heteroatoms. The van der Waals surface area contributed by atoms with Crippen molar-refractivity contribution >= 4 is 19.8 Å². The highest BCUT2D eigenvalue weighted by Crippen LogP contribution is 2.43. The summed E-state index contributed by atoms with van der Waals surface area (Å²) in [7, 11) is -4.62. The Labute approximate surface area is 339 Å². The summed E-state index contributed by atoms with van der Waals surface area (Å²) in [6, 6.07) is -1.48. The van der Waals surface area contributed by atoms with Crippen LogP contribution in [0.4, 0.5) is 0 Å². The van der Waals surface area contributed by atoms with Crippen molar-refractivity contribution in [1.82, 2.24) is 0 Å². The number of carboxylic acids is 1. The number of phosphoric ester groups is 1. The highest BCUT2D eigenvalue weighted by Gasteiger charge is 2.27. The molecule has 0 saturated heterocycles. The molecule has 56 heavy (non-hydrogen) atoms. The first-order valence-corrected chi connectivity index (χ1v) is 22.6. The fourth-order valence-electron chi connectivity index (χ4n) is 5.14. The van der Waals surface area contributed by atoms with Crippen LogP contribution < -0.4 is 5.73 Å². The molecule has 0 amide bonds. The number of phosphoric acid groups is 1. The summed E-state index contributed by atoms with van der Waals surface area (Å²) in [5.41, 5.74) is 5.34. The van der Waals surface area contributed by atoms with Crippen LogP contribution in [0.25, 0.3) is 0 Å². The maximum Gasteiger partial charge on any atom is 0.472 e. The molecule has 0 aliphatic carbocycles. The van der Waals surface area contributed by atoms with Gasteiger partial charge in [0.15, 0.2) is 0 Å². The molecule has 0 rings (SSSR count). The second-order valence-electron chi connectivity index (χ2n) is 13.7. The lowest BCUT2D eigenvalue weighted by atomic mass is 10.1. The number of unbranched alkanes of at least 4 members (excludes halogenated alkanes) is 11. The topological polar surface area (TPSA) is 155 Å². The molecule has 10 nitrogen and oxygen atoms in total. The molecular weight excluding hydrogens is 729 g/mol. The Morgan fingerprint density at radius 2 is 1.04 bits per heavy atom. The van der Waals surface area contributed by atoms with E-state index in [0.29, 0.717) is 13.0 Å². The number of esters is 1. The molecule has 0 aromatic heterocycles. The minimum Gasteiger partial charge on any atom is -0.480 e. The van der Waals surface area contributed by atoms with Crippen LogP contribution in [0.2, 0.25) is 0 Å². The summed E-state index contributed by atoms with van der Waals surface area (Å²) < 4.78 is 33.2. The van der Waals surface area contributed by atoms with E-state index in [-0.39, 0.29) is 13.0 Å². The Morgan fingerprint density at radius 1 is 0.589 bits per heavy atom. The van der Waals surface area contributed by atoms with E-state index in [1.54, 1.807) is 0 Å². The molecule has 0 aromatic carbocycles. The lowest BCUT2D eigenvalue weighted by Gasteiger charge is -2.20. The summed E-state index contributed by atoms with van der Waals surface area (Å²) in [6.45, 7) is 3.61. The lowest BCUT2D eigenvalue weighted by molar-refractivity contribution is -0.154. The summed E-state index contributed by atoms with van der Waals surface area (Å²) >= 11 is 0. The first-order chi connectivity index (χ1) is 27.2. The minimum atomic E-state index is -4.62. The van der Waals surface area contributed by atoms with Gasteiger partial charge < -0.3 is 25.2 Å². The highest BCUT2D eigenvalue weighted by molar-refractivity contribution is 7.47. The van der Waals surface area contributed by atoms with Gasteiger partial charge >= 0.3 is 19.8 Å². The Bertz CT molecular complexity index is 1210. The predicted molar refractivity (Wildman–Crippen MR) is 230 cm³/mol. The van der Waals surface area contributed by atoms with Crippen LogP contribution in [0, 0.1) is 0 Å². The fourth-order valence-corrected chi connectivity index (χ4v) is 5.91. The normalized spacial score (nSPS) is 14.8. The second-order valence-corrected chi connectivity index (χ2v) is 15.2. The molecule has 3 unspecified atom stereocenters. The summed E-state index contributed by atoms with van der Waals surface area (Å²) in [5.74, 6) is -1.81. The van der Waals surface area contributed by atoms with Crippen LogP contribution in [0.3, 0.4) is 0 Å². The highest BCUT2D eigenvalue weighted by atomic mass is 31.2. The second kappa shape index (κ2) is 40.4. The summed E-state index contributed by atoms with van der Waals surface area (Å²) in [6.07, 6.45) is 50.8. The zero-order valence-corrected chi connectivity index (χ0v) is 35.6. The van der Waals surface area contributed by atoms with Crippen molar-refractivity contribution in [2.45, 2.75) is 161 Å². The molecule has 0 fully saturated rings. The molecule has 0 spiro atoms. The molecule has 320 valence electrons. The van der Waals surface area contributed by atoms with Crippen LogP contribution in [-0.2, 0) is 32.7 Å². The first-order valence-electron chi connectivity index (χ1n) is 21.1. The van der Waals surface area contributed by atoms with Crippen LogP contribution in [-0.4, -0.2) is 60.5 Å². The third-order valence-electron chi connectivity index (χ3n) is 8.39. The average Bonchev–Trinajstić information content (AvgIpc) is 3.18. The van der Waals surface area contributed by atoms with E-state index in [9.17, 15) is 19.0 Å². The van der Waals surface area contributed by atoms with E-state index in [2.05, 4.69) is 98.9 Å². The number of nitrogens with two attached hydrogens (primary N) is 1. The largest absolute Gasteiger partial charge is 0.480 e. The minimum absolute atomic E-state index is 0.00535. The number of rotatable bonds is 39. The first kappa shape index (κ1) is 53.1. The smallest absolute Gasteiger partial charge is 0.472 e. The van der Waals surface area contributed by atoms with E-state index < -0.39 is 45.1 Å². The zero-order chi connectivity index (χ0) is 41.2. The van der Waals surface area contributed by atoms with Crippen LogP contribution in [0.5, 0.6) is 0 Å². The molecule has 3 atom stereocenters. The van der Waals surface area contributed by atoms with Gasteiger partial charge in [-0.1, -0.05) is 144 Å². The van der Waals surface area contributed by atoms with Crippen molar-refractivity contribution < 1.29 is 42.7 Å². The number of allylic oxidation sites excluding steroid dienone is 14. The van der Waals surface area contributed by atoms with Crippen molar-refractivity contribution in [2.24, 2.45) is 5.73 Å². The van der Waals surface area contributed by atoms with E-state index in [1.165, 1.54) is 0 Å². The van der Waals surface area contributed by atoms with Crippen molar-refractivity contribution in [3.05, 3.63) is 85.1 Å². The van der Waals surface area contributed by atoms with Crippen molar-refractivity contribution in [2.75, 3.05) is 26.4 Å². The molecule has 0 aromatic rings. The Balaban J connectivity index is 4.24. The molecule has 0 radical (unpaired) electrons.